The molecule has 1 aromatic heterocycles. The number of hydrogen-bond acceptors (Lipinski definition) is 4. The van der Waals surface area contributed by atoms with Crippen molar-refractivity contribution in [3.8, 4) is 5.75 Å². The first-order valence-corrected chi connectivity index (χ1v) is 7.03. The average Bonchev–Trinajstić information content (AvgIpc) is 2.98. The van der Waals surface area contributed by atoms with E-state index in [1.54, 1.807) is 0 Å². The van der Waals surface area contributed by atoms with Crippen molar-refractivity contribution in [2.75, 3.05) is 19.7 Å². The van der Waals surface area contributed by atoms with Crippen LogP contribution in [0.2, 0.25) is 0 Å². The van der Waals surface area contributed by atoms with Crippen molar-refractivity contribution in [1.82, 2.24) is 9.88 Å². The number of carboxylic acid groups (broad SMARTS) is 1. The van der Waals surface area contributed by atoms with Gasteiger partial charge in [-0.05, 0) is 12.1 Å². The molecule has 1 amide bonds. The van der Waals surface area contributed by atoms with Gasteiger partial charge in [0.1, 0.15) is 6.61 Å². The average molecular weight is 344 g/mol. The first kappa shape index (κ1) is 17.8. The van der Waals surface area contributed by atoms with Crippen LogP contribution in [0, 0.1) is 11.8 Å². The van der Waals surface area contributed by atoms with Crippen LogP contribution in [-0.2, 0) is 4.79 Å². The molecule has 0 radical (unpaired) electrons. The number of hydrogen-bond donors (Lipinski definition) is 1. The van der Waals surface area contributed by atoms with E-state index < -0.39 is 43.0 Å². The van der Waals surface area contributed by atoms with Gasteiger partial charge in [0.25, 0.3) is 5.91 Å². The highest BCUT2D eigenvalue weighted by atomic mass is 19.4. The zero-order valence-corrected chi connectivity index (χ0v) is 12.5. The first-order valence-electron chi connectivity index (χ1n) is 7.03. The predicted octanol–water partition coefficient (Wildman–Crippen LogP) is 1.98. The van der Waals surface area contributed by atoms with Crippen LogP contribution in [0.5, 0.6) is 5.75 Å². The molecule has 6 nitrogen and oxygen atoms in total. The Bertz CT molecular complexity index is 648. The van der Waals surface area contributed by atoms with Crippen LogP contribution in [0.15, 0.2) is 31.0 Å². The maximum Gasteiger partial charge on any atom is 0.394 e. The number of amides is 1. The van der Waals surface area contributed by atoms with E-state index in [2.05, 4.69) is 11.6 Å². The molecular weight excluding hydrogens is 329 g/mol. The smallest absolute Gasteiger partial charge is 0.394 e. The summed E-state index contributed by atoms with van der Waals surface area (Å²) in [5, 5.41) is 9.00. The highest BCUT2D eigenvalue weighted by Crippen LogP contribution is 2.38. The Morgan fingerprint density at radius 3 is 2.71 bits per heavy atom. The maximum absolute atomic E-state index is 13.0. The van der Waals surface area contributed by atoms with E-state index in [4.69, 9.17) is 9.84 Å². The summed E-state index contributed by atoms with van der Waals surface area (Å²) in [6.07, 6.45) is -1.96. The number of pyridine rings is 1. The standard InChI is InChI=1S/C15H15F3N2O4/c1-2-6-24-11-4-3-5-19-12(11)13(21)20-7-9(14(22)23)10(8-20)15(16,17)18/h2-5,9-10H,1,6-8H2,(H,22,23)/t9-,10-/m1/s1. The van der Waals surface area contributed by atoms with Crippen LogP contribution in [-0.4, -0.2) is 52.7 Å². The van der Waals surface area contributed by atoms with Crippen molar-refractivity contribution in [3.05, 3.63) is 36.7 Å². The quantitative estimate of drug-likeness (QED) is 0.826. The third-order valence-electron chi connectivity index (χ3n) is 3.67. The van der Waals surface area contributed by atoms with Crippen molar-refractivity contribution in [2.24, 2.45) is 11.8 Å². The topological polar surface area (TPSA) is 79.7 Å². The number of halogens is 3. The Balaban J connectivity index is 2.25. The third kappa shape index (κ3) is 3.66. The molecule has 1 N–H and O–H groups in total. The van der Waals surface area contributed by atoms with Gasteiger partial charge in [-0.25, -0.2) is 4.98 Å². The van der Waals surface area contributed by atoms with E-state index in [1.807, 2.05) is 0 Å². The fraction of sp³-hybridized carbons (Fsp3) is 0.400. The van der Waals surface area contributed by atoms with E-state index in [0.29, 0.717) is 0 Å². The minimum atomic E-state index is -4.70. The number of carbonyl (C=O) groups excluding carboxylic acids is 1. The van der Waals surface area contributed by atoms with Crippen LogP contribution in [0.25, 0.3) is 0 Å². The fourth-order valence-electron chi connectivity index (χ4n) is 2.52. The number of alkyl halides is 3. The molecule has 0 bridgehead atoms. The maximum atomic E-state index is 13.0. The second-order valence-electron chi connectivity index (χ2n) is 5.25. The number of carbonyl (C=O) groups is 2. The normalized spacial score (nSPS) is 20.7. The van der Waals surface area contributed by atoms with Gasteiger partial charge < -0.3 is 14.7 Å². The van der Waals surface area contributed by atoms with Crippen molar-refractivity contribution in [3.63, 3.8) is 0 Å². The van der Waals surface area contributed by atoms with Crippen LogP contribution < -0.4 is 4.74 Å². The number of aliphatic carboxylic acids is 1. The van der Waals surface area contributed by atoms with Gasteiger partial charge in [0, 0.05) is 19.3 Å². The monoisotopic (exact) mass is 344 g/mol. The zero-order chi connectivity index (χ0) is 17.9. The number of aromatic nitrogens is 1. The van der Waals surface area contributed by atoms with E-state index in [1.165, 1.54) is 24.4 Å². The van der Waals surface area contributed by atoms with Gasteiger partial charge in [0.15, 0.2) is 11.4 Å². The molecule has 2 heterocycles. The number of rotatable bonds is 5. The lowest BCUT2D eigenvalue weighted by Crippen LogP contribution is -2.34. The van der Waals surface area contributed by atoms with Gasteiger partial charge in [-0.2, -0.15) is 13.2 Å². The van der Waals surface area contributed by atoms with Crippen molar-refractivity contribution in [2.45, 2.75) is 6.18 Å². The fourth-order valence-corrected chi connectivity index (χ4v) is 2.52. The van der Waals surface area contributed by atoms with Crippen LogP contribution in [0.4, 0.5) is 13.2 Å². The Kier molecular flexibility index (Phi) is 5.10. The summed E-state index contributed by atoms with van der Waals surface area (Å²) < 4.78 is 44.3. The first-order chi connectivity index (χ1) is 11.3. The summed E-state index contributed by atoms with van der Waals surface area (Å²) in [6, 6.07) is 2.97. The van der Waals surface area contributed by atoms with E-state index in [9.17, 15) is 22.8 Å². The van der Waals surface area contributed by atoms with Crippen LogP contribution in [0.1, 0.15) is 10.5 Å². The lowest BCUT2D eigenvalue weighted by atomic mass is 9.96. The van der Waals surface area contributed by atoms with Crippen molar-refractivity contribution >= 4 is 11.9 Å². The highest BCUT2D eigenvalue weighted by Gasteiger charge is 2.53. The third-order valence-corrected chi connectivity index (χ3v) is 3.67. The Labute approximate surface area is 135 Å². The molecule has 0 unspecified atom stereocenters. The summed E-state index contributed by atoms with van der Waals surface area (Å²) in [4.78, 5) is 28.3. The molecule has 9 heteroatoms. The Morgan fingerprint density at radius 2 is 2.17 bits per heavy atom. The molecule has 130 valence electrons. The molecule has 1 aromatic rings. The molecule has 24 heavy (non-hydrogen) atoms. The van der Waals surface area contributed by atoms with Crippen molar-refractivity contribution < 1.29 is 32.6 Å². The lowest BCUT2D eigenvalue weighted by molar-refractivity contribution is -0.187. The summed E-state index contributed by atoms with van der Waals surface area (Å²) >= 11 is 0. The minimum absolute atomic E-state index is 0.0922. The molecule has 0 aromatic carbocycles. The molecule has 0 aliphatic carbocycles. The minimum Gasteiger partial charge on any atom is -0.487 e. The second-order valence-corrected chi connectivity index (χ2v) is 5.25. The van der Waals surface area contributed by atoms with Crippen LogP contribution in [0.3, 0.4) is 0 Å². The summed E-state index contributed by atoms with van der Waals surface area (Å²) in [5.41, 5.74) is -0.161. The summed E-state index contributed by atoms with van der Waals surface area (Å²) in [6.45, 7) is 2.30. The van der Waals surface area contributed by atoms with Gasteiger partial charge in [0.2, 0.25) is 0 Å². The highest BCUT2D eigenvalue weighted by molar-refractivity contribution is 5.95. The molecular formula is C15H15F3N2O4. The Hall–Kier alpha value is -2.58. The van der Waals surface area contributed by atoms with Gasteiger partial charge in [0.05, 0.1) is 11.8 Å². The molecule has 2 rings (SSSR count). The van der Waals surface area contributed by atoms with Crippen molar-refractivity contribution in [1.29, 1.82) is 0 Å². The molecule has 0 spiro atoms. The largest absolute Gasteiger partial charge is 0.487 e. The van der Waals surface area contributed by atoms with Crippen LogP contribution >= 0.6 is 0 Å². The number of carboxylic acids is 1. The van der Waals surface area contributed by atoms with E-state index in [0.717, 1.165) is 4.90 Å². The van der Waals surface area contributed by atoms with Gasteiger partial charge in [-0.1, -0.05) is 12.7 Å². The summed E-state index contributed by atoms with van der Waals surface area (Å²) in [7, 11) is 0. The van der Waals surface area contributed by atoms with E-state index >= 15 is 0 Å². The second kappa shape index (κ2) is 6.90. The predicted molar refractivity (Wildman–Crippen MR) is 76.5 cm³/mol. The lowest BCUT2D eigenvalue weighted by Gasteiger charge is -2.18. The zero-order valence-electron chi connectivity index (χ0n) is 12.5. The summed E-state index contributed by atoms with van der Waals surface area (Å²) in [5.74, 6) is -6.09. The number of nitrogens with zero attached hydrogens (tertiary/aromatic N) is 2. The SMILES string of the molecule is C=CCOc1cccnc1C(=O)N1C[C@@H](C(F)(F)F)[C@H](C(=O)O)C1. The van der Waals surface area contributed by atoms with Gasteiger partial charge >= 0.3 is 12.1 Å². The molecule has 0 saturated carbocycles. The molecule has 1 aliphatic heterocycles. The number of likely N-dealkylation sites (tertiary alicyclic amines) is 1. The van der Waals surface area contributed by atoms with Gasteiger partial charge in [-0.15, -0.1) is 0 Å². The number of ether oxygens (including phenoxy) is 1. The Morgan fingerprint density at radius 1 is 1.46 bits per heavy atom. The molecule has 1 aliphatic rings. The van der Waals surface area contributed by atoms with E-state index in [-0.39, 0.29) is 18.1 Å². The molecule has 1 saturated heterocycles. The van der Waals surface area contributed by atoms with Gasteiger partial charge in [-0.3, -0.25) is 9.59 Å². The molecule has 1 fully saturated rings. The molecule has 2 atom stereocenters.